The number of benzene rings is 2. The summed E-state index contributed by atoms with van der Waals surface area (Å²) in [4.78, 5) is 13.5. The number of carbonyl (C=O) groups is 1. The predicted octanol–water partition coefficient (Wildman–Crippen LogP) is 5.48. The molecule has 0 spiro atoms. The molecular weight excluding hydrogens is 412 g/mol. The first kappa shape index (κ1) is 21.1. The number of piperidine rings is 1. The summed E-state index contributed by atoms with van der Waals surface area (Å²) in [5.74, 6) is -1.39. The van der Waals surface area contributed by atoms with Crippen LogP contribution in [0.1, 0.15) is 53.1 Å². The molecule has 30 heavy (non-hydrogen) atoms. The van der Waals surface area contributed by atoms with Crippen molar-refractivity contribution in [3.05, 3.63) is 63.7 Å². The monoisotopic (exact) mass is 435 g/mol. The van der Waals surface area contributed by atoms with E-state index in [0.29, 0.717) is 23.9 Å². The van der Waals surface area contributed by atoms with Crippen LogP contribution in [0, 0.1) is 17.6 Å². The summed E-state index contributed by atoms with van der Waals surface area (Å²) >= 11 is 6.16. The van der Waals surface area contributed by atoms with Gasteiger partial charge < -0.3 is 9.84 Å². The fourth-order valence-corrected chi connectivity index (χ4v) is 4.33. The van der Waals surface area contributed by atoms with Crippen molar-refractivity contribution in [3.8, 4) is 5.75 Å². The molecule has 0 radical (unpaired) electrons. The largest absolute Gasteiger partial charge is 0.493 e. The van der Waals surface area contributed by atoms with Gasteiger partial charge >= 0.3 is 5.97 Å². The third kappa shape index (κ3) is 4.93. The summed E-state index contributed by atoms with van der Waals surface area (Å²) in [7, 11) is 0. The van der Waals surface area contributed by atoms with Crippen molar-refractivity contribution in [3.63, 3.8) is 0 Å². The Hall–Kier alpha value is -2.18. The lowest BCUT2D eigenvalue weighted by atomic mass is 9.98. The quantitative estimate of drug-likeness (QED) is 0.625. The van der Waals surface area contributed by atoms with Crippen molar-refractivity contribution < 1.29 is 23.4 Å². The van der Waals surface area contributed by atoms with Crippen molar-refractivity contribution >= 4 is 17.6 Å². The van der Waals surface area contributed by atoms with Gasteiger partial charge in [-0.25, -0.2) is 13.6 Å². The number of nitrogens with zero attached hydrogens (tertiary/aromatic N) is 1. The molecule has 4 rings (SSSR count). The van der Waals surface area contributed by atoms with E-state index >= 15 is 0 Å². The molecule has 2 aromatic rings. The van der Waals surface area contributed by atoms with Gasteiger partial charge in [0.1, 0.15) is 17.4 Å². The zero-order chi connectivity index (χ0) is 21.3. The first-order valence-electron chi connectivity index (χ1n) is 10.3. The fraction of sp³-hybridized carbons (Fsp3) is 0.435. The second kappa shape index (κ2) is 8.90. The summed E-state index contributed by atoms with van der Waals surface area (Å²) in [5, 5.41) is 9.61. The lowest BCUT2D eigenvalue weighted by Gasteiger charge is -2.33. The number of ether oxygens (including phenoxy) is 1. The molecule has 1 heterocycles. The SMILES string of the molecule is O=C(O)c1cc(C2CC2)c(OC[C@@H]2CCCN(Cc3ccc(F)cc3Cl)C2)cc1F. The Labute approximate surface area is 179 Å². The van der Waals surface area contributed by atoms with Gasteiger partial charge in [0, 0.05) is 30.1 Å². The van der Waals surface area contributed by atoms with E-state index in [4.69, 9.17) is 16.3 Å². The number of carboxylic acid groups (broad SMARTS) is 1. The van der Waals surface area contributed by atoms with E-state index in [0.717, 1.165) is 49.9 Å². The maximum absolute atomic E-state index is 14.2. The van der Waals surface area contributed by atoms with Crippen molar-refractivity contribution in [1.29, 1.82) is 0 Å². The molecule has 0 amide bonds. The average Bonchev–Trinajstić information content (AvgIpc) is 3.54. The highest BCUT2D eigenvalue weighted by atomic mass is 35.5. The molecule has 4 nitrogen and oxygen atoms in total. The van der Waals surface area contributed by atoms with E-state index in [1.807, 2.05) is 0 Å². The molecular formula is C23H24ClF2NO3. The first-order valence-corrected chi connectivity index (χ1v) is 10.6. The molecule has 0 bridgehead atoms. The van der Waals surface area contributed by atoms with Gasteiger partial charge in [0.2, 0.25) is 0 Å². The van der Waals surface area contributed by atoms with Crippen LogP contribution in [0.2, 0.25) is 5.02 Å². The van der Waals surface area contributed by atoms with E-state index in [9.17, 15) is 18.7 Å². The molecule has 0 unspecified atom stereocenters. The third-order valence-corrected chi connectivity index (χ3v) is 6.19. The summed E-state index contributed by atoms with van der Waals surface area (Å²) in [5.41, 5.74) is 1.38. The van der Waals surface area contributed by atoms with Crippen molar-refractivity contribution in [1.82, 2.24) is 4.90 Å². The van der Waals surface area contributed by atoms with Crippen LogP contribution in [0.25, 0.3) is 0 Å². The number of aromatic carboxylic acids is 1. The van der Waals surface area contributed by atoms with Crippen molar-refractivity contribution in [2.75, 3.05) is 19.7 Å². The molecule has 1 aliphatic heterocycles. The second-order valence-electron chi connectivity index (χ2n) is 8.24. The van der Waals surface area contributed by atoms with E-state index in [1.165, 1.54) is 24.3 Å². The Bertz CT molecular complexity index is 948. The number of carboxylic acids is 1. The molecule has 1 atom stereocenters. The molecule has 1 N–H and O–H groups in total. The highest BCUT2D eigenvalue weighted by Gasteiger charge is 2.30. The van der Waals surface area contributed by atoms with Crippen LogP contribution in [-0.4, -0.2) is 35.7 Å². The molecule has 2 aliphatic rings. The Balaban J connectivity index is 1.40. The smallest absolute Gasteiger partial charge is 0.338 e. The van der Waals surface area contributed by atoms with Crippen LogP contribution in [0.15, 0.2) is 30.3 Å². The number of hydrogen-bond acceptors (Lipinski definition) is 3. The summed E-state index contributed by atoms with van der Waals surface area (Å²) in [6, 6.07) is 7.10. The Morgan fingerprint density at radius 3 is 2.70 bits per heavy atom. The topological polar surface area (TPSA) is 49.8 Å². The Kier molecular flexibility index (Phi) is 6.25. The highest BCUT2D eigenvalue weighted by molar-refractivity contribution is 6.31. The molecule has 1 aliphatic carbocycles. The van der Waals surface area contributed by atoms with Crippen LogP contribution in [0.3, 0.4) is 0 Å². The van der Waals surface area contributed by atoms with Crippen molar-refractivity contribution in [2.24, 2.45) is 5.92 Å². The van der Waals surface area contributed by atoms with Gasteiger partial charge in [-0.15, -0.1) is 0 Å². The number of likely N-dealkylation sites (tertiary alicyclic amines) is 1. The number of hydrogen-bond donors (Lipinski definition) is 1. The minimum atomic E-state index is -1.26. The summed E-state index contributed by atoms with van der Waals surface area (Å²) in [6.07, 6.45) is 3.95. The highest BCUT2D eigenvalue weighted by Crippen LogP contribution is 2.45. The molecule has 0 aromatic heterocycles. The zero-order valence-corrected chi connectivity index (χ0v) is 17.3. The second-order valence-corrected chi connectivity index (χ2v) is 8.65. The molecule has 1 saturated carbocycles. The lowest BCUT2D eigenvalue weighted by Crippen LogP contribution is -2.37. The summed E-state index contributed by atoms with van der Waals surface area (Å²) in [6.45, 7) is 2.83. The Morgan fingerprint density at radius 2 is 2.00 bits per heavy atom. The standard InChI is InChI=1S/C23H24ClF2NO3/c24-20-8-17(25)6-5-16(20)12-27-7-1-2-14(11-27)13-30-22-10-21(26)19(23(28)29)9-18(22)15-3-4-15/h5-6,8-10,14-15H,1-4,7,11-13H2,(H,28,29)/t14-/m1/s1. The van der Waals surface area contributed by atoms with Gasteiger partial charge in [-0.3, -0.25) is 4.90 Å². The van der Waals surface area contributed by atoms with Gasteiger partial charge in [0.05, 0.1) is 12.2 Å². The maximum Gasteiger partial charge on any atom is 0.338 e. The Morgan fingerprint density at radius 1 is 1.20 bits per heavy atom. The molecule has 7 heteroatoms. The van der Waals surface area contributed by atoms with E-state index in [1.54, 1.807) is 6.07 Å². The minimum Gasteiger partial charge on any atom is -0.493 e. The van der Waals surface area contributed by atoms with Gasteiger partial charge in [0.15, 0.2) is 0 Å². The average molecular weight is 436 g/mol. The van der Waals surface area contributed by atoms with Crippen LogP contribution in [0.5, 0.6) is 5.75 Å². The molecule has 160 valence electrons. The minimum absolute atomic E-state index is 0.252. The number of rotatable bonds is 7. The van der Waals surface area contributed by atoms with Crippen LogP contribution in [-0.2, 0) is 6.54 Å². The molecule has 2 fully saturated rings. The third-order valence-electron chi connectivity index (χ3n) is 5.83. The van der Waals surface area contributed by atoms with Crippen LogP contribution >= 0.6 is 11.6 Å². The maximum atomic E-state index is 14.2. The summed E-state index contributed by atoms with van der Waals surface area (Å²) < 4.78 is 33.5. The van der Waals surface area contributed by atoms with E-state index < -0.39 is 11.8 Å². The van der Waals surface area contributed by atoms with Gasteiger partial charge in [-0.2, -0.15) is 0 Å². The molecule has 2 aromatic carbocycles. The van der Waals surface area contributed by atoms with Gasteiger partial charge in [-0.1, -0.05) is 17.7 Å². The number of halogens is 3. The van der Waals surface area contributed by atoms with E-state index in [-0.39, 0.29) is 23.2 Å². The first-order chi connectivity index (χ1) is 14.4. The van der Waals surface area contributed by atoms with Gasteiger partial charge in [0.25, 0.3) is 0 Å². The van der Waals surface area contributed by atoms with E-state index in [2.05, 4.69) is 4.90 Å². The van der Waals surface area contributed by atoms with Crippen molar-refractivity contribution in [2.45, 2.75) is 38.1 Å². The molecule has 1 saturated heterocycles. The van der Waals surface area contributed by atoms with Crippen LogP contribution < -0.4 is 4.74 Å². The van der Waals surface area contributed by atoms with Crippen LogP contribution in [0.4, 0.5) is 8.78 Å². The zero-order valence-electron chi connectivity index (χ0n) is 16.5. The normalized spacial score (nSPS) is 19.6. The van der Waals surface area contributed by atoms with Gasteiger partial charge in [-0.05, 0) is 67.5 Å². The fourth-order valence-electron chi connectivity index (χ4n) is 4.10. The predicted molar refractivity (Wildman–Crippen MR) is 110 cm³/mol. The lowest BCUT2D eigenvalue weighted by molar-refractivity contribution is 0.0691.